The zero-order chi connectivity index (χ0) is 9.80. The first-order valence-electron chi connectivity index (χ1n) is 4.50. The zero-order valence-corrected chi connectivity index (χ0v) is 8.37. The molecule has 0 bridgehead atoms. The molecule has 1 heterocycles. The maximum atomic E-state index is 5.95. The van der Waals surface area contributed by atoms with E-state index < -0.39 is 0 Å². The molecule has 14 heavy (non-hydrogen) atoms. The van der Waals surface area contributed by atoms with Crippen molar-refractivity contribution in [3.8, 4) is 5.75 Å². The lowest BCUT2D eigenvalue weighted by Gasteiger charge is -2.10. The van der Waals surface area contributed by atoms with Crippen LogP contribution in [-0.2, 0) is 0 Å². The summed E-state index contributed by atoms with van der Waals surface area (Å²) in [5, 5.41) is 0.616. The Hall–Kier alpha value is -1.28. The van der Waals surface area contributed by atoms with Crippen molar-refractivity contribution in [2.24, 2.45) is 4.99 Å². The molecule has 0 saturated carbocycles. The second kappa shape index (κ2) is 4.29. The number of hydrogen-bond acceptors (Lipinski definition) is 2. The lowest BCUT2D eigenvalue weighted by Crippen LogP contribution is -2.09. The number of aliphatic imine (C=N–C) groups is 1. The van der Waals surface area contributed by atoms with E-state index >= 15 is 0 Å². The van der Waals surface area contributed by atoms with Crippen LogP contribution in [0.4, 0.5) is 0 Å². The summed E-state index contributed by atoms with van der Waals surface area (Å²) >= 11 is 5.95. The predicted octanol–water partition coefficient (Wildman–Crippen LogP) is 3.42. The highest BCUT2D eigenvalue weighted by atomic mass is 35.5. The molecule has 0 aromatic heterocycles. The first-order chi connectivity index (χ1) is 6.86. The third-order valence-corrected chi connectivity index (χ3v) is 2.23. The van der Waals surface area contributed by atoms with Gasteiger partial charge in [-0.1, -0.05) is 29.8 Å². The Bertz CT molecular complexity index is 385. The van der Waals surface area contributed by atoms with Crippen molar-refractivity contribution in [1.29, 1.82) is 0 Å². The van der Waals surface area contributed by atoms with Crippen LogP contribution >= 0.6 is 11.6 Å². The molecule has 0 saturated heterocycles. The Balaban J connectivity index is 2.14. The van der Waals surface area contributed by atoms with Crippen molar-refractivity contribution >= 4 is 17.5 Å². The highest BCUT2D eigenvalue weighted by Crippen LogP contribution is 2.24. The van der Waals surface area contributed by atoms with Crippen molar-refractivity contribution in [2.45, 2.75) is 12.8 Å². The Morgan fingerprint density at radius 3 is 2.86 bits per heavy atom. The monoisotopic (exact) mass is 207 g/mol. The SMILES string of the molecule is Clc1ccccc1OC1=NC=CCC1. The second-order valence-corrected chi connectivity index (χ2v) is 3.39. The first kappa shape index (κ1) is 9.28. The van der Waals surface area contributed by atoms with Gasteiger partial charge in [0.2, 0.25) is 0 Å². The molecule has 1 aromatic rings. The van der Waals surface area contributed by atoms with Gasteiger partial charge in [0, 0.05) is 12.6 Å². The number of rotatable bonds is 1. The van der Waals surface area contributed by atoms with Gasteiger partial charge in [-0.3, -0.25) is 0 Å². The van der Waals surface area contributed by atoms with Crippen molar-refractivity contribution in [3.05, 3.63) is 41.6 Å². The topological polar surface area (TPSA) is 21.6 Å². The maximum absolute atomic E-state index is 5.95. The largest absolute Gasteiger partial charge is 0.441 e. The van der Waals surface area contributed by atoms with Crippen molar-refractivity contribution in [2.75, 3.05) is 0 Å². The fraction of sp³-hybridized carbons (Fsp3) is 0.182. The molecule has 0 aliphatic carbocycles. The molecule has 0 spiro atoms. The Kier molecular flexibility index (Phi) is 2.84. The van der Waals surface area contributed by atoms with E-state index in [1.54, 1.807) is 12.3 Å². The van der Waals surface area contributed by atoms with Crippen LogP contribution in [0.1, 0.15) is 12.8 Å². The fourth-order valence-corrected chi connectivity index (χ4v) is 1.39. The van der Waals surface area contributed by atoms with Crippen LogP contribution in [0, 0.1) is 0 Å². The van der Waals surface area contributed by atoms with E-state index in [0.29, 0.717) is 10.8 Å². The van der Waals surface area contributed by atoms with Crippen LogP contribution in [-0.4, -0.2) is 5.90 Å². The molecule has 1 aromatic carbocycles. The minimum Gasteiger partial charge on any atom is -0.441 e. The number of ether oxygens (including phenoxy) is 1. The summed E-state index contributed by atoms with van der Waals surface area (Å²) in [5.41, 5.74) is 0. The van der Waals surface area contributed by atoms with E-state index in [9.17, 15) is 0 Å². The summed E-state index contributed by atoms with van der Waals surface area (Å²) in [6, 6.07) is 7.40. The lowest BCUT2D eigenvalue weighted by atomic mass is 10.2. The van der Waals surface area contributed by atoms with E-state index in [-0.39, 0.29) is 0 Å². The van der Waals surface area contributed by atoms with Gasteiger partial charge in [-0.2, -0.15) is 0 Å². The van der Waals surface area contributed by atoms with Crippen molar-refractivity contribution in [1.82, 2.24) is 0 Å². The summed E-state index contributed by atoms with van der Waals surface area (Å²) in [6.45, 7) is 0. The smallest absolute Gasteiger partial charge is 0.195 e. The summed E-state index contributed by atoms with van der Waals surface area (Å²) < 4.78 is 5.55. The molecule has 0 atom stereocenters. The van der Waals surface area contributed by atoms with Crippen LogP contribution in [0.25, 0.3) is 0 Å². The van der Waals surface area contributed by atoms with Gasteiger partial charge in [0.05, 0.1) is 5.02 Å². The van der Waals surface area contributed by atoms with Crippen molar-refractivity contribution in [3.63, 3.8) is 0 Å². The van der Waals surface area contributed by atoms with Crippen LogP contribution in [0.5, 0.6) is 5.75 Å². The van der Waals surface area contributed by atoms with Crippen LogP contribution in [0.15, 0.2) is 41.5 Å². The molecule has 0 N–H and O–H groups in total. The molecule has 0 fully saturated rings. The van der Waals surface area contributed by atoms with E-state index in [1.807, 2.05) is 24.3 Å². The normalized spacial score (nSPS) is 15.1. The van der Waals surface area contributed by atoms with Gasteiger partial charge < -0.3 is 4.74 Å². The van der Waals surface area contributed by atoms with Gasteiger partial charge in [-0.15, -0.1) is 0 Å². The number of halogens is 1. The van der Waals surface area contributed by atoms with Gasteiger partial charge in [0.15, 0.2) is 5.90 Å². The number of para-hydroxylation sites is 1. The molecule has 1 aliphatic heterocycles. The van der Waals surface area contributed by atoms with E-state index in [2.05, 4.69) is 4.99 Å². The predicted molar refractivity (Wildman–Crippen MR) is 57.9 cm³/mol. The van der Waals surface area contributed by atoms with Gasteiger partial charge >= 0.3 is 0 Å². The number of nitrogens with zero attached hydrogens (tertiary/aromatic N) is 1. The zero-order valence-electron chi connectivity index (χ0n) is 7.61. The molecule has 0 amide bonds. The minimum atomic E-state index is 0.616. The third-order valence-electron chi connectivity index (χ3n) is 1.91. The molecule has 0 radical (unpaired) electrons. The van der Waals surface area contributed by atoms with Crippen LogP contribution in [0.3, 0.4) is 0 Å². The molecule has 0 unspecified atom stereocenters. The Labute approximate surface area is 87.9 Å². The summed E-state index contributed by atoms with van der Waals surface area (Å²) in [7, 11) is 0. The Morgan fingerprint density at radius 2 is 2.14 bits per heavy atom. The molecule has 72 valence electrons. The number of hydrogen-bond donors (Lipinski definition) is 0. The van der Waals surface area contributed by atoms with E-state index in [4.69, 9.17) is 16.3 Å². The fourth-order valence-electron chi connectivity index (χ4n) is 1.21. The summed E-state index contributed by atoms with van der Waals surface area (Å²) in [6.07, 6.45) is 5.58. The quantitative estimate of drug-likeness (QED) is 0.692. The van der Waals surface area contributed by atoms with Crippen LogP contribution < -0.4 is 4.74 Å². The Morgan fingerprint density at radius 1 is 1.29 bits per heavy atom. The van der Waals surface area contributed by atoms with Gasteiger partial charge in [0.1, 0.15) is 5.75 Å². The van der Waals surface area contributed by atoms with Crippen molar-refractivity contribution < 1.29 is 4.74 Å². The number of benzene rings is 1. The highest BCUT2D eigenvalue weighted by molar-refractivity contribution is 6.32. The molecule has 3 heteroatoms. The summed E-state index contributed by atoms with van der Waals surface area (Å²) in [5.74, 6) is 1.39. The van der Waals surface area contributed by atoms with E-state index in [1.165, 1.54) is 0 Å². The highest BCUT2D eigenvalue weighted by Gasteiger charge is 2.06. The molecule has 2 nitrogen and oxygen atoms in total. The first-order valence-corrected chi connectivity index (χ1v) is 4.88. The summed E-state index contributed by atoms with van der Waals surface area (Å²) in [4.78, 5) is 4.12. The second-order valence-electron chi connectivity index (χ2n) is 2.98. The van der Waals surface area contributed by atoms with Gasteiger partial charge in [0.25, 0.3) is 0 Å². The molecule has 1 aliphatic rings. The average molecular weight is 208 g/mol. The third kappa shape index (κ3) is 2.15. The van der Waals surface area contributed by atoms with Crippen LogP contribution in [0.2, 0.25) is 5.02 Å². The van der Waals surface area contributed by atoms with Gasteiger partial charge in [-0.25, -0.2) is 4.99 Å². The van der Waals surface area contributed by atoms with Gasteiger partial charge in [-0.05, 0) is 18.6 Å². The minimum absolute atomic E-state index is 0.616. The number of allylic oxidation sites excluding steroid dienone is 1. The molecular formula is C11H10ClNO. The maximum Gasteiger partial charge on any atom is 0.195 e. The lowest BCUT2D eigenvalue weighted by molar-refractivity contribution is 0.530. The standard InChI is InChI=1S/C11H10ClNO/c12-9-5-1-2-6-10(9)14-11-7-3-4-8-13-11/h1-2,4-6,8H,3,7H2. The van der Waals surface area contributed by atoms with E-state index in [0.717, 1.165) is 18.7 Å². The molecular weight excluding hydrogens is 198 g/mol. The molecule has 2 rings (SSSR count). The average Bonchev–Trinajstić information content (AvgIpc) is 2.23.